The van der Waals surface area contributed by atoms with Gasteiger partial charge in [-0.3, -0.25) is 10.1 Å². The molecule has 0 aliphatic carbocycles. The van der Waals surface area contributed by atoms with Crippen LogP contribution in [-0.4, -0.2) is 19.9 Å². The number of rotatable bonds is 5. The van der Waals surface area contributed by atoms with Crippen molar-refractivity contribution in [2.75, 3.05) is 12.3 Å². The molecule has 0 bridgehead atoms. The number of nitro groups is 1. The number of nitrogens with two attached hydrogens (primary N) is 1. The van der Waals surface area contributed by atoms with E-state index in [1.54, 1.807) is 0 Å². The topological polar surface area (TPSA) is 115 Å². The number of anilines is 1. The molecule has 8 heteroatoms. The van der Waals surface area contributed by atoms with Crippen LogP contribution < -0.4 is 10.5 Å². The quantitative estimate of drug-likeness (QED) is 0.473. The summed E-state index contributed by atoms with van der Waals surface area (Å²) in [4.78, 5) is 9.63. The van der Waals surface area contributed by atoms with Gasteiger partial charge < -0.3 is 5.73 Å². The summed E-state index contributed by atoms with van der Waals surface area (Å²) in [5.74, 6) is 0.0971. The third-order valence-corrected chi connectivity index (χ3v) is 3.60. The molecule has 0 spiro atoms. The Morgan fingerprint density at radius 3 is 2.56 bits per heavy atom. The van der Waals surface area contributed by atoms with E-state index in [0.29, 0.717) is 0 Å². The normalized spacial score (nSPS) is 11.7. The van der Waals surface area contributed by atoms with E-state index >= 15 is 0 Å². The van der Waals surface area contributed by atoms with Crippen LogP contribution in [0.4, 0.5) is 11.4 Å². The van der Waals surface area contributed by atoms with E-state index in [-0.39, 0.29) is 18.2 Å². The minimum atomic E-state index is -3.93. The van der Waals surface area contributed by atoms with Crippen LogP contribution in [0.2, 0.25) is 0 Å². The van der Waals surface area contributed by atoms with E-state index in [9.17, 15) is 18.5 Å². The summed E-state index contributed by atoms with van der Waals surface area (Å²) in [6, 6.07) is 3.46. The molecule has 100 valence electrons. The number of nitrogen functional groups attached to an aromatic ring is 1. The number of sulfonamides is 1. The Morgan fingerprint density at radius 2 is 2.06 bits per heavy atom. The van der Waals surface area contributed by atoms with Crippen molar-refractivity contribution < 1.29 is 13.3 Å². The van der Waals surface area contributed by atoms with Crippen LogP contribution in [0, 0.1) is 16.0 Å². The fraction of sp³-hybridized carbons (Fsp3) is 0.400. The molecular formula is C10H15N3O4S. The SMILES string of the molecule is CC(C)CNS(=O)(=O)c1cc(N)ccc1[N+](=O)[O-]. The van der Waals surface area contributed by atoms with Crippen LogP contribution in [0.3, 0.4) is 0 Å². The van der Waals surface area contributed by atoms with E-state index < -0.39 is 25.5 Å². The van der Waals surface area contributed by atoms with Gasteiger partial charge in [-0.15, -0.1) is 0 Å². The number of nitro benzene ring substituents is 1. The van der Waals surface area contributed by atoms with Gasteiger partial charge in [-0.05, 0) is 18.1 Å². The smallest absolute Gasteiger partial charge is 0.289 e. The van der Waals surface area contributed by atoms with Gasteiger partial charge in [-0.25, -0.2) is 13.1 Å². The summed E-state index contributed by atoms with van der Waals surface area (Å²) in [6.07, 6.45) is 0. The second-order valence-corrected chi connectivity index (χ2v) is 5.97. The van der Waals surface area contributed by atoms with Crippen molar-refractivity contribution in [3.63, 3.8) is 0 Å². The highest BCUT2D eigenvalue weighted by Crippen LogP contribution is 2.25. The molecular weight excluding hydrogens is 258 g/mol. The summed E-state index contributed by atoms with van der Waals surface area (Å²) in [6.45, 7) is 3.86. The predicted octanol–water partition coefficient (Wildman–Crippen LogP) is 1.11. The van der Waals surface area contributed by atoms with Gasteiger partial charge in [0.1, 0.15) is 0 Å². The van der Waals surface area contributed by atoms with E-state index in [1.807, 2.05) is 13.8 Å². The zero-order valence-corrected chi connectivity index (χ0v) is 10.9. The Hall–Kier alpha value is -1.67. The van der Waals surface area contributed by atoms with Gasteiger partial charge in [0.2, 0.25) is 10.0 Å². The largest absolute Gasteiger partial charge is 0.399 e. The highest BCUT2D eigenvalue weighted by atomic mass is 32.2. The molecule has 0 aliphatic heterocycles. The lowest BCUT2D eigenvalue weighted by Gasteiger charge is -2.09. The average molecular weight is 273 g/mol. The van der Waals surface area contributed by atoms with Crippen molar-refractivity contribution in [3.05, 3.63) is 28.3 Å². The summed E-state index contributed by atoms with van der Waals surface area (Å²) < 4.78 is 26.2. The van der Waals surface area contributed by atoms with Crippen molar-refractivity contribution >= 4 is 21.4 Å². The van der Waals surface area contributed by atoms with E-state index in [4.69, 9.17) is 5.73 Å². The van der Waals surface area contributed by atoms with Crippen molar-refractivity contribution in [1.29, 1.82) is 0 Å². The molecule has 1 aromatic carbocycles. The monoisotopic (exact) mass is 273 g/mol. The molecule has 1 rings (SSSR count). The lowest BCUT2D eigenvalue weighted by Crippen LogP contribution is -2.28. The van der Waals surface area contributed by atoms with E-state index in [1.165, 1.54) is 6.07 Å². The first-order valence-corrected chi connectivity index (χ1v) is 6.76. The second-order valence-electron chi connectivity index (χ2n) is 4.23. The van der Waals surface area contributed by atoms with Crippen LogP contribution in [0.1, 0.15) is 13.8 Å². The maximum Gasteiger partial charge on any atom is 0.289 e. The Bertz CT molecular complexity index is 554. The molecule has 0 aromatic heterocycles. The van der Waals surface area contributed by atoms with Crippen molar-refractivity contribution in [2.24, 2.45) is 5.92 Å². The maximum atomic E-state index is 11.9. The van der Waals surface area contributed by atoms with Crippen molar-refractivity contribution in [3.8, 4) is 0 Å². The highest BCUT2D eigenvalue weighted by Gasteiger charge is 2.25. The Balaban J connectivity index is 3.22. The van der Waals surface area contributed by atoms with Crippen LogP contribution in [0.15, 0.2) is 23.1 Å². The number of nitrogens with zero attached hydrogens (tertiary/aromatic N) is 1. The summed E-state index contributed by atoms with van der Waals surface area (Å²) in [7, 11) is -3.93. The fourth-order valence-corrected chi connectivity index (χ4v) is 2.67. The molecule has 0 amide bonds. The van der Waals surface area contributed by atoms with E-state index in [2.05, 4.69) is 4.72 Å². The highest BCUT2D eigenvalue weighted by molar-refractivity contribution is 7.89. The number of nitrogens with one attached hydrogen (secondary N) is 1. The van der Waals surface area contributed by atoms with Gasteiger partial charge in [-0.1, -0.05) is 13.8 Å². The van der Waals surface area contributed by atoms with Crippen LogP contribution in [-0.2, 0) is 10.0 Å². The fourth-order valence-electron chi connectivity index (χ4n) is 1.25. The Kier molecular flexibility index (Phi) is 4.25. The van der Waals surface area contributed by atoms with E-state index in [0.717, 1.165) is 12.1 Å². The molecule has 0 atom stereocenters. The lowest BCUT2D eigenvalue weighted by molar-refractivity contribution is -0.387. The zero-order valence-electron chi connectivity index (χ0n) is 10.1. The first kappa shape index (κ1) is 14.4. The minimum absolute atomic E-state index is 0.0971. The van der Waals surface area contributed by atoms with Gasteiger partial charge in [0.25, 0.3) is 5.69 Å². The molecule has 0 saturated heterocycles. The Labute approximate surface area is 105 Å². The average Bonchev–Trinajstić information content (AvgIpc) is 2.26. The number of hydrogen-bond acceptors (Lipinski definition) is 5. The Morgan fingerprint density at radius 1 is 1.44 bits per heavy atom. The van der Waals surface area contributed by atoms with Gasteiger partial charge in [0.05, 0.1) is 4.92 Å². The van der Waals surface area contributed by atoms with Gasteiger partial charge in [0.15, 0.2) is 4.90 Å². The van der Waals surface area contributed by atoms with Gasteiger partial charge in [0, 0.05) is 18.3 Å². The summed E-state index contributed by atoms with van der Waals surface area (Å²) in [5, 5.41) is 10.8. The molecule has 18 heavy (non-hydrogen) atoms. The third-order valence-electron chi connectivity index (χ3n) is 2.15. The summed E-state index contributed by atoms with van der Waals surface area (Å²) in [5.41, 5.74) is 5.14. The van der Waals surface area contributed by atoms with Crippen LogP contribution >= 0.6 is 0 Å². The molecule has 0 heterocycles. The first-order valence-electron chi connectivity index (χ1n) is 5.27. The second kappa shape index (κ2) is 5.32. The molecule has 7 nitrogen and oxygen atoms in total. The number of benzene rings is 1. The van der Waals surface area contributed by atoms with Gasteiger partial charge >= 0.3 is 0 Å². The molecule has 0 unspecified atom stereocenters. The molecule has 1 aromatic rings. The third kappa shape index (κ3) is 3.41. The van der Waals surface area contributed by atoms with Gasteiger partial charge in [-0.2, -0.15) is 0 Å². The van der Waals surface area contributed by atoms with Crippen molar-refractivity contribution in [1.82, 2.24) is 4.72 Å². The van der Waals surface area contributed by atoms with Crippen molar-refractivity contribution in [2.45, 2.75) is 18.7 Å². The maximum absolute atomic E-state index is 11.9. The standard InChI is InChI=1S/C10H15N3O4S/c1-7(2)6-12-18(16,17)10-5-8(11)3-4-9(10)13(14)15/h3-5,7,12H,6,11H2,1-2H3. The summed E-state index contributed by atoms with van der Waals surface area (Å²) >= 11 is 0. The lowest BCUT2D eigenvalue weighted by atomic mass is 10.2. The molecule has 0 saturated carbocycles. The first-order chi connectivity index (χ1) is 8.24. The van der Waals surface area contributed by atoms with Crippen LogP contribution in [0.25, 0.3) is 0 Å². The minimum Gasteiger partial charge on any atom is -0.399 e. The number of hydrogen-bond donors (Lipinski definition) is 2. The predicted molar refractivity (Wildman–Crippen MR) is 67.5 cm³/mol. The molecule has 0 fully saturated rings. The zero-order chi connectivity index (χ0) is 13.9. The molecule has 0 aliphatic rings. The molecule has 3 N–H and O–H groups in total. The molecule has 0 radical (unpaired) electrons. The van der Waals surface area contributed by atoms with Crippen LogP contribution in [0.5, 0.6) is 0 Å².